The summed E-state index contributed by atoms with van der Waals surface area (Å²) in [4.78, 5) is 14.8. The Bertz CT molecular complexity index is 752. The Hall–Kier alpha value is -2.17. The summed E-state index contributed by atoms with van der Waals surface area (Å²) in [5.74, 6) is 0.0689. The van der Waals surface area contributed by atoms with Crippen LogP contribution in [0.15, 0.2) is 42.5 Å². The molecule has 2 aromatic carbocycles. The van der Waals surface area contributed by atoms with Crippen LogP contribution in [0.4, 0.5) is 5.69 Å². The second kappa shape index (κ2) is 8.97. The van der Waals surface area contributed by atoms with E-state index in [-0.39, 0.29) is 5.91 Å². The van der Waals surface area contributed by atoms with E-state index in [9.17, 15) is 4.79 Å². The molecule has 0 spiro atoms. The zero-order chi connectivity index (χ0) is 18.4. The molecule has 0 saturated carbocycles. The third-order valence-electron chi connectivity index (χ3n) is 4.91. The molecule has 1 amide bonds. The minimum absolute atomic E-state index is 0.0689. The molecule has 2 aromatic rings. The Balaban J connectivity index is 1.58. The van der Waals surface area contributed by atoms with E-state index >= 15 is 0 Å². The number of nitrogens with zero attached hydrogens (tertiary/aromatic N) is 1. The summed E-state index contributed by atoms with van der Waals surface area (Å²) in [6.07, 6.45) is 1.26. The van der Waals surface area contributed by atoms with Crippen LogP contribution in [0.25, 0.3) is 0 Å². The fourth-order valence-electron chi connectivity index (χ4n) is 3.37. The molecule has 4 heteroatoms. The van der Waals surface area contributed by atoms with Crippen molar-refractivity contribution in [2.24, 2.45) is 0 Å². The van der Waals surface area contributed by atoms with Gasteiger partial charge in [0.25, 0.3) is 0 Å². The van der Waals surface area contributed by atoms with Crippen LogP contribution in [-0.4, -0.2) is 37.1 Å². The predicted molar refractivity (Wildman–Crippen MR) is 105 cm³/mol. The smallest absolute Gasteiger partial charge is 0.224 e. The van der Waals surface area contributed by atoms with E-state index in [1.54, 1.807) is 0 Å². The van der Waals surface area contributed by atoms with Crippen molar-refractivity contribution in [3.8, 4) is 0 Å². The second-order valence-electron chi connectivity index (χ2n) is 7.02. The summed E-state index contributed by atoms with van der Waals surface area (Å²) in [5, 5.41) is 3.10. The first-order chi connectivity index (χ1) is 12.6. The Morgan fingerprint density at radius 3 is 2.62 bits per heavy atom. The molecular weight excluding hydrogens is 324 g/mol. The number of rotatable bonds is 6. The maximum atomic E-state index is 12.5. The van der Waals surface area contributed by atoms with Crippen LogP contribution < -0.4 is 5.32 Å². The molecule has 0 bridgehead atoms. The molecule has 0 aliphatic carbocycles. The fourth-order valence-corrected chi connectivity index (χ4v) is 3.37. The number of amides is 1. The number of hydrogen-bond acceptors (Lipinski definition) is 3. The van der Waals surface area contributed by atoms with Gasteiger partial charge in [-0.05, 0) is 43.0 Å². The number of carbonyl (C=O) groups is 1. The minimum atomic E-state index is 0.0689. The number of benzene rings is 2. The average Bonchev–Trinajstić information content (AvgIpc) is 2.63. The van der Waals surface area contributed by atoms with Crippen LogP contribution in [0.1, 0.15) is 28.7 Å². The van der Waals surface area contributed by atoms with Gasteiger partial charge in [0, 0.05) is 31.7 Å². The van der Waals surface area contributed by atoms with Crippen LogP contribution in [0, 0.1) is 13.8 Å². The summed E-state index contributed by atoms with van der Waals surface area (Å²) < 4.78 is 5.41. The van der Waals surface area contributed by atoms with Gasteiger partial charge in [0.1, 0.15) is 0 Å². The number of aryl methyl sites for hydroxylation is 3. The minimum Gasteiger partial charge on any atom is -0.379 e. The van der Waals surface area contributed by atoms with Gasteiger partial charge in [0.2, 0.25) is 5.91 Å². The largest absolute Gasteiger partial charge is 0.379 e. The lowest BCUT2D eigenvalue weighted by atomic mass is 10.0. The highest BCUT2D eigenvalue weighted by molar-refractivity contribution is 5.91. The quantitative estimate of drug-likeness (QED) is 0.862. The van der Waals surface area contributed by atoms with Gasteiger partial charge in [-0.2, -0.15) is 0 Å². The molecule has 1 saturated heterocycles. The lowest BCUT2D eigenvalue weighted by Crippen LogP contribution is -2.35. The first-order valence-corrected chi connectivity index (χ1v) is 9.36. The summed E-state index contributed by atoms with van der Waals surface area (Å²) >= 11 is 0. The van der Waals surface area contributed by atoms with Crippen molar-refractivity contribution < 1.29 is 9.53 Å². The summed E-state index contributed by atoms with van der Waals surface area (Å²) in [7, 11) is 0. The Morgan fingerprint density at radius 2 is 1.85 bits per heavy atom. The molecule has 0 aromatic heterocycles. The van der Waals surface area contributed by atoms with Gasteiger partial charge in [-0.3, -0.25) is 9.69 Å². The number of hydrogen-bond donors (Lipinski definition) is 1. The van der Waals surface area contributed by atoms with Gasteiger partial charge in [-0.15, -0.1) is 0 Å². The van der Waals surface area contributed by atoms with Gasteiger partial charge in [0.05, 0.1) is 13.2 Å². The second-order valence-corrected chi connectivity index (χ2v) is 7.02. The Labute approximate surface area is 156 Å². The molecule has 0 unspecified atom stereocenters. The number of ether oxygens (including phenoxy) is 1. The predicted octanol–water partition coefficient (Wildman–Crippen LogP) is 3.71. The highest BCUT2D eigenvalue weighted by atomic mass is 16.5. The van der Waals surface area contributed by atoms with Crippen molar-refractivity contribution >= 4 is 11.6 Å². The highest BCUT2D eigenvalue weighted by Gasteiger charge is 2.14. The number of anilines is 1. The molecule has 1 heterocycles. The number of morpholine rings is 1. The topological polar surface area (TPSA) is 41.6 Å². The van der Waals surface area contributed by atoms with Crippen molar-refractivity contribution in [2.45, 2.75) is 33.2 Å². The van der Waals surface area contributed by atoms with Crippen LogP contribution in [-0.2, 0) is 22.5 Å². The van der Waals surface area contributed by atoms with E-state index in [1.807, 2.05) is 18.2 Å². The van der Waals surface area contributed by atoms with Crippen LogP contribution in [0.2, 0.25) is 0 Å². The standard InChI is InChI=1S/C22H28N2O2/c1-17-7-8-19(18(2)15-17)9-10-22(25)23-21-6-4-3-5-20(21)16-24-11-13-26-14-12-24/h3-8,15H,9-14,16H2,1-2H3,(H,23,25). The molecular formula is C22H28N2O2. The molecule has 138 valence electrons. The molecule has 1 N–H and O–H groups in total. The maximum Gasteiger partial charge on any atom is 0.224 e. The lowest BCUT2D eigenvalue weighted by molar-refractivity contribution is -0.116. The van der Waals surface area contributed by atoms with E-state index in [1.165, 1.54) is 16.7 Å². The molecule has 3 rings (SSSR count). The van der Waals surface area contributed by atoms with Crippen LogP contribution in [0.3, 0.4) is 0 Å². The first kappa shape index (κ1) is 18.6. The normalized spacial score (nSPS) is 15.0. The van der Waals surface area contributed by atoms with Gasteiger partial charge >= 0.3 is 0 Å². The molecule has 4 nitrogen and oxygen atoms in total. The molecule has 26 heavy (non-hydrogen) atoms. The fraction of sp³-hybridized carbons (Fsp3) is 0.409. The number of para-hydroxylation sites is 1. The molecule has 0 radical (unpaired) electrons. The summed E-state index contributed by atoms with van der Waals surface area (Å²) in [6, 6.07) is 14.5. The van der Waals surface area contributed by atoms with Crippen molar-refractivity contribution in [3.63, 3.8) is 0 Å². The highest BCUT2D eigenvalue weighted by Crippen LogP contribution is 2.19. The van der Waals surface area contributed by atoms with Crippen molar-refractivity contribution in [1.29, 1.82) is 0 Å². The molecule has 1 aliphatic heterocycles. The van der Waals surface area contributed by atoms with E-state index in [4.69, 9.17) is 4.74 Å². The van der Waals surface area contributed by atoms with E-state index in [2.05, 4.69) is 48.3 Å². The molecule has 1 fully saturated rings. The Kier molecular flexibility index (Phi) is 6.42. The van der Waals surface area contributed by atoms with Gasteiger partial charge in [-0.25, -0.2) is 0 Å². The average molecular weight is 352 g/mol. The van der Waals surface area contributed by atoms with Crippen LogP contribution >= 0.6 is 0 Å². The van der Waals surface area contributed by atoms with E-state index in [0.717, 1.165) is 50.5 Å². The van der Waals surface area contributed by atoms with Crippen molar-refractivity contribution in [2.75, 3.05) is 31.6 Å². The molecule has 0 atom stereocenters. The number of nitrogens with one attached hydrogen (secondary N) is 1. The van der Waals surface area contributed by atoms with E-state index in [0.29, 0.717) is 6.42 Å². The zero-order valence-corrected chi connectivity index (χ0v) is 15.8. The third-order valence-corrected chi connectivity index (χ3v) is 4.91. The van der Waals surface area contributed by atoms with Gasteiger partial charge in [-0.1, -0.05) is 42.0 Å². The van der Waals surface area contributed by atoms with Crippen LogP contribution in [0.5, 0.6) is 0 Å². The maximum absolute atomic E-state index is 12.5. The Morgan fingerprint density at radius 1 is 1.08 bits per heavy atom. The zero-order valence-electron chi connectivity index (χ0n) is 15.8. The van der Waals surface area contributed by atoms with Crippen molar-refractivity contribution in [1.82, 2.24) is 4.90 Å². The number of carbonyl (C=O) groups excluding carboxylic acids is 1. The van der Waals surface area contributed by atoms with Crippen molar-refractivity contribution in [3.05, 3.63) is 64.7 Å². The van der Waals surface area contributed by atoms with Gasteiger partial charge < -0.3 is 10.1 Å². The SMILES string of the molecule is Cc1ccc(CCC(=O)Nc2ccccc2CN2CCOCC2)c(C)c1. The van der Waals surface area contributed by atoms with E-state index < -0.39 is 0 Å². The monoisotopic (exact) mass is 352 g/mol. The first-order valence-electron chi connectivity index (χ1n) is 9.36. The van der Waals surface area contributed by atoms with Gasteiger partial charge in [0.15, 0.2) is 0 Å². The third kappa shape index (κ3) is 5.16. The summed E-state index contributed by atoms with van der Waals surface area (Å²) in [5.41, 5.74) is 5.84. The molecule has 1 aliphatic rings. The summed E-state index contributed by atoms with van der Waals surface area (Å²) in [6.45, 7) is 8.49. The lowest BCUT2D eigenvalue weighted by Gasteiger charge is -2.27.